The number of halogens is 2. The predicted octanol–water partition coefficient (Wildman–Crippen LogP) is 5.40. The first-order chi connectivity index (χ1) is 20.0. The molecule has 2 amide bonds. The van der Waals surface area contributed by atoms with E-state index in [2.05, 4.69) is 15.5 Å². The minimum Gasteiger partial charge on any atom is -0.480 e. The van der Waals surface area contributed by atoms with Gasteiger partial charge in [-0.05, 0) is 55.6 Å². The average molecular weight is 599 g/mol. The molecule has 0 unspecified atom stereocenters. The first-order valence-electron chi connectivity index (χ1n) is 12.2. The molecule has 4 aromatic rings. The molecule has 0 radical (unpaired) electrons. The molecule has 2 heterocycles. The number of carboxylic acid groups (broad SMARTS) is 1. The Bertz CT molecular complexity index is 1610. The number of methoxy groups -OCH3 is 1. The third-order valence-electron chi connectivity index (χ3n) is 5.97. The summed E-state index contributed by atoms with van der Waals surface area (Å²) in [6, 6.07) is 11.6. The van der Waals surface area contributed by atoms with Crippen molar-refractivity contribution in [3.8, 4) is 16.3 Å². The molecule has 0 saturated heterocycles. The zero-order valence-corrected chi connectivity index (χ0v) is 23.3. The standard InChI is InChI=1S/C27H24F2N6O6S/c1-33(2)13-18-23(25(36)30-21-11-12-22(41-3)32-31-21)26(42-24(18)15-7-9-16(10-8-15)35(39)40)34(27(37)38)14-17-19(28)5-4-6-20(17)29/h4-12H,13-14H2,1-3H3,(H,37,38)(H,30,31,36). The van der Waals surface area contributed by atoms with Gasteiger partial charge in [0.05, 0.1) is 24.1 Å². The van der Waals surface area contributed by atoms with Crippen molar-refractivity contribution in [1.82, 2.24) is 15.1 Å². The van der Waals surface area contributed by atoms with Gasteiger partial charge in [0.15, 0.2) is 5.82 Å². The number of benzene rings is 2. The number of non-ortho nitro benzene ring substituents is 1. The Morgan fingerprint density at radius 2 is 1.69 bits per heavy atom. The number of nitro groups is 1. The molecule has 0 spiro atoms. The molecule has 0 fully saturated rings. The molecule has 2 aromatic heterocycles. The number of aromatic nitrogens is 2. The van der Waals surface area contributed by atoms with E-state index in [0.717, 1.165) is 29.5 Å². The van der Waals surface area contributed by atoms with Gasteiger partial charge in [-0.15, -0.1) is 21.5 Å². The van der Waals surface area contributed by atoms with Crippen molar-refractivity contribution in [3.63, 3.8) is 0 Å². The van der Waals surface area contributed by atoms with Crippen LogP contribution in [0, 0.1) is 21.7 Å². The maximum atomic E-state index is 14.6. The molecule has 15 heteroatoms. The molecule has 218 valence electrons. The number of anilines is 2. The zero-order chi connectivity index (χ0) is 30.6. The highest BCUT2D eigenvalue weighted by Gasteiger charge is 2.32. The van der Waals surface area contributed by atoms with Crippen molar-refractivity contribution in [1.29, 1.82) is 0 Å². The lowest BCUT2D eigenvalue weighted by molar-refractivity contribution is -0.384. The summed E-state index contributed by atoms with van der Waals surface area (Å²) in [6.45, 7) is -0.598. The van der Waals surface area contributed by atoms with Gasteiger partial charge in [0, 0.05) is 35.2 Å². The number of ether oxygens (including phenoxy) is 1. The number of nitrogens with zero attached hydrogens (tertiary/aromatic N) is 5. The summed E-state index contributed by atoms with van der Waals surface area (Å²) in [4.78, 5) is 39.9. The van der Waals surface area contributed by atoms with Gasteiger partial charge in [-0.1, -0.05) is 6.07 Å². The average Bonchev–Trinajstić information content (AvgIpc) is 3.31. The van der Waals surface area contributed by atoms with E-state index < -0.39 is 40.7 Å². The van der Waals surface area contributed by atoms with Crippen LogP contribution in [-0.2, 0) is 13.1 Å². The van der Waals surface area contributed by atoms with Gasteiger partial charge < -0.3 is 20.1 Å². The molecular formula is C27H24F2N6O6S. The van der Waals surface area contributed by atoms with Crippen molar-refractivity contribution in [2.75, 3.05) is 31.4 Å². The number of amides is 2. The Morgan fingerprint density at radius 1 is 1.02 bits per heavy atom. The van der Waals surface area contributed by atoms with Gasteiger partial charge in [-0.3, -0.25) is 19.8 Å². The molecule has 4 rings (SSSR count). The van der Waals surface area contributed by atoms with E-state index in [4.69, 9.17) is 4.74 Å². The third-order valence-corrected chi connectivity index (χ3v) is 7.28. The summed E-state index contributed by atoms with van der Waals surface area (Å²) in [5, 5.41) is 31.6. The molecule has 0 aliphatic heterocycles. The third kappa shape index (κ3) is 6.47. The second-order valence-electron chi connectivity index (χ2n) is 9.12. The first kappa shape index (κ1) is 30.0. The van der Waals surface area contributed by atoms with Crippen molar-refractivity contribution in [3.05, 3.63) is 93.0 Å². The fourth-order valence-corrected chi connectivity index (χ4v) is 5.36. The lowest BCUT2D eigenvalue weighted by Gasteiger charge is -2.20. The molecule has 42 heavy (non-hydrogen) atoms. The van der Waals surface area contributed by atoms with Gasteiger partial charge in [0.1, 0.15) is 16.6 Å². The Balaban J connectivity index is 1.92. The van der Waals surface area contributed by atoms with Crippen LogP contribution in [0.5, 0.6) is 5.88 Å². The molecule has 0 saturated carbocycles. The molecule has 12 nitrogen and oxygen atoms in total. The van der Waals surface area contributed by atoms with E-state index in [1.54, 1.807) is 19.0 Å². The molecule has 0 bridgehead atoms. The van der Waals surface area contributed by atoms with E-state index in [1.165, 1.54) is 43.5 Å². The number of nitro benzene ring substituents is 1. The topological polar surface area (TPSA) is 151 Å². The van der Waals surface area contributed by atoms with Crippen LogP contribution >= 0.6 is 11.3 Å². The number of thiophene rings is 1. The number of hydrogen-bond donors (Lipinski definition) is 2. The summed E-state index contributed by atoms with van der Waals surface area (Å²) in [5.74, 6) is -2.44. The minimum atomic E-state index is -1.57. The van der Waals surface area contributed by atoms with Gasteiger partial charge in [-0.2, -0.15) is 0 Å². The lowest BCUT2D eigenvalue weighted by atomic mass is 10.0. The normalized spacial score (nSPS) is 10.9. The van der Waals surface area contributed by atoms with Crippen molar-refractivity contribution in [2.45, 2.75) is 13.1 Å². The van der Waals surface area contributed by atoms with Crippen LogP contribution in [0.15, 0.2) is 54.6 Å². The maximum Gasteiger partial charge on any atom is 0.412 e. The SMILES string of the molecule is COc1ccc(NC(=O)c2c(N(Cc3c(F)cccc3F)C(=O)O)sc(-c3ccc([N+](=O)[O-])cc3)c2CN(C)C)nn1. The van der Waals surface area contributed by atoms with E-state index in [9.17, 15) is 33.6 Å². The van der Waals surface area contributed by atoms with E-state index in [-0.39, 0.29) is 34.5 Å². The Labute approximate surface area is 241 Å². The zero-order valence-electron chi connectivity index (χ0n) is 22.5. The number of carbonyl (C=O) groups excluding carboxylic acids is 1. The number of rotatable bonds is 10. The fourth-order valence-electron chi connectivity index (χ4n) is 4.05. The predicted molar refractivity (Wildman–Crippen MR) is 151 cm³/mol. The Kier molecular flexibility index (Phi) is 9.02. The first-order valence-corrected chi connectivity index (χ1v) is 13.0. The van der Waals surface area contributed by atoms with Crippen molar-refractivity contribution >= 4 is 39.8 Å². The van der Waals surface area contributed by atoms with Crippen LogP contribution in [0.3, 0.4) is 0 Å². The smallest absolute Gasteiger partial charge is 0.412 e. The molecule has 0 aliphatic rings. The second kappa shape index (κ2) is 12.7. The van der Waals surface area contributed by atoms with Crippen LogP contribution in [0.25, 0.3) is 10.4 Å². The van der Waals surface area contributed by atoms with Crippen LogP contribution < -0.4 is 15.0 Å². The Morgan fingerprint density at radius 3 is 2.21 bits per heavy atom. The number of hydrogen-bond acceptors (Lipinski definition) is 9. The van der Waals surface area contributed by atoms with Crippen LogP contribution in [-0.4, -0.2) is 58.3 Å². The van der Waals surface area contributed by atoms with Gasteiger partial charge >= 0.3 is 6.09 Å². The highest BCUT2D eigenvalue weighted by molar-refractivity contribution is 7.20. The molecule has 2 N–H and O–H groups in total. The molecule has 0 aliphatic carbocycles. The number of carbonyl (C=O) groups is 2. The van der Waals surface area contributed by atoms with E-state index >= 15 is 0 Å². The molecular weight excluding hydrogens is 574 g/mol. The van der Waals surface area contributed by atoms with Crippen molar-refractivity contribution in [2.24, 2.45) is 0 Å². The summed E-state index contributed by atoms with van der Waals surface area (Å²) >= 11 is 0.895. The minimum absolute atomic E-state index is 0.0349. The molecule has 0 atom stereocenters. The summed E-state index contributed by atoms with van der Waals surface area (Å²) in [5.41, 5.74) is 0.0935. The largest absolute Gasteiger partial charge is 0.480 e. The lowest BCUT2D eigenvalue weighted by Crippen LogP contribution is -2.31. The van der Waals surface area contributed by atoms with E-state index in [1.807, 2.05) is 0 Å². The Hall–Kier alpha value is -5.02. The van der Waals surface area contributed by atoms with Gasteiger partial charge in [0.25, 0.3) is 11.6 Å². The van der Waals surface area contributed by atoms with E-state index in [0.29, 0.717) is 20.9 Å². The van der Waals surface area contributed by atoms with Gasteiger partial charge in [0.2, 0.25) is 5.88 Å². The summed E-state index contributed by atoms with van der Waals surface area (Å²) in [6.07, 6.45) is -1.57. The highest BCUT2D eigenvalue weighted by atomic mass is 32.1. The van der Waals surface area contributed by atoms with Gasteiger partial charge in [-0.25, -0.2) is 13.6 Å². The maximum absolute atomic E-state index is 14.6. The molecule has 2 aromatic carbocycles. The summed E-state index contributed by atoms with van der Waals surface area (Å²) in [7, 11) is 4.86. The second-order valence-corrected chi connectivity index (χ2v) is 10.1. The van der Waals surface area contributed by atoms with Crippen molar-refractivity contribution < 1.29 is 33.1 Å². The summed E-state index contributed by atoms with van der Waals surface area (Å²) < 4.78 is 34.2. The highest BCUT2D eigenvalue weighted by Crippen LogP contribution is 2.44. The quantitative estimate of drug-likeness (QED) is 0.181. The van der Waals surface area contributed by atoms with Crippen LogP contribution in [0.2, 0.25) is 0 Å². The van der Waals surface area contributed by atoms with Crippen LogP contribution in [0.1, 0.15) is 21.5 Å². The fraction of sp³-hybridized carbons (Fsp3) is 0.185. The number of nitrogens with one attached hydrogen (secondary N) is 1. The monoisotopic (exact) mass is 598 g/mol. The van der Waals surface area contributed by atoms with Crippen LogP contribution in [0.4, 0.5) is 30.1 Å².